The van der Waals surface area contributed by atoms with Crippen LogP contribution in [-0.4, -0.2) is 35.3 Å². The SMILES string of the molecule is O=C(Nc1ccccc1Oc1ccccc1)N(Cc1ccccc1O)CC1CCCO1. The van der Waals surface area contributed by atoms with Crippen molar-refractivity contribution in [2.45, 2.75) is 25.5 Å². The molecule has 1 atom stereocenters. The molecule has 1 aliphatic heterocycles. The van der Waals surface area contributed by atoms with Gasteiger partial charge in [0, 0.05) is 18.7 Å². The summed E-state index contributed by atoms with van der Waals surface area (Å²) in [7, 11) is 0. The molecule has 0 aromatic heterocycles. The van der Waals surface area contributed by atoms with Crippen molar-refractivity contribution in [1.29, 1.82) is 0 Å². The zero-order valence-corrected chi connectivity index (χ0v) is 17.2. The third-order valence-corrected chi connectivity index (χ3v) is 5.19. The molecule has 2 amide bonds. The van der Waals surface area contributed by atoms with Gasteiger partial charge >= 0.3 is 6.03 Å². The van der Waals surface area contributed by atoms with Crippen LogP contribution in [-0.2, 0) is 11.3 Å². The lowest BCUT2D eigenvalue weighted by Gasteiger charge is -2.26. The van der Waals surface area contributed by atoms with Crippen LogP contribution in [0.1, 0.15) is 18.4 Å². The van der Waals surface area contributed by atoms with Crippen LogP contribution in [0.2, 0.25) is 0 Å². The molecule has 3 aromatic carbocycles. The van der Waals surface area contributed by atoms with E-state index in [9.17, 15) is 9.90 Å². The summed E-state index contributed by atoms with van der Waals surface area (Å²) in [6, 6.07) is 23.5. The van der Waals surface area contributed by atoms with E-state index in [2.05, 4.69) is 5.32 Å². The maximum atomic E-state index is 13.2. The van der Waals surface area contributed by atoms with Crippen molar-refractivity contribution >= 4 is 11.7 Å². The summed E-state index contributed by atoms with van der Waals surface area (Å²) in [6.07, 6.45) is 1.90. The second-order valence-corrected chi connectivity index (χ2v) is 7.49. The highest BCUT2D eigenvalue weighted by atomic mass is 16.5. The van der Waals surface area contributed by atoms with Gasteiger partial charge in [-0.3, -0.25) is 0 Å². The van der Waals surface area contributed by atoms with Crippen molar-refractivity contribution in [3.8, 4) is 17.2 Å². The number of para-hydroxylation sites is 4. The van der Waals surface area contributed by atoms with Gasteiger partial charge in [0.2, 0.25) is 0 Å². The zero-order chi connectivity index (χ0) is 21.5. The minimum Gasteiger partial charge on any atom is -0.508 e. The number of urea groups is 1. The largest absolute Gasteiger partial charge is 0.508 e. The third-order valence-electron chi connectivity index (χ3n) is 5.19. The Bertz CT molecular complexity index is 1000. The Labute approximate surface area is 182 Å². The molecule has 1 saturated heterocycles. The molecule has 2 N–H and O–H groups in total. The molecule has 31 heavy (non-hydrogen) atoms. The zero-order valence-electron chi connectivity index (χ0n) is 17.2. The molecule has 6 nitrogen and oxygen atoms in total. The van der Waals surface area contributed by atoms with Crippen LogP contribution < -0.4 is 10.1 Å². The van der Waals surface area contributed by atoms with Gasteiger partial charge in [0.05, 0.1) is 18.3 Å². The number of ether oxygens (including phenoxy) is 2. The summed E-state index contributed by atoms with van der Waals surface area (Å²) >= 11 is 0. The van der Waals surface area contributed by atoms with E-state index < -0.39 is 0 Å². The highest BCUT2D eigenvalue weighted by Crippen LogP contribution is 2.30. The van der Waals surface area contributed by atoms with E-state index in [1.54, 1.807) is 23.1 Å². The molecule has 160 valence electrons. The van der Waals surface area contributed by atoms with Gasteiger partial charge in [0.1, 0.15) is 11.5 Å². The number of carbonyl (C=O) groups excluding carboxylic acids is 1. The number of nitrogens with zero attached hydrogens (tertiary/aromatic N) is 1. The van der Waals surface area contributed by atoms with Gasteiger partial charge in [-0.25, -0.2) is 4.79 Å². The molecular formula is C25H26N2O4. The number of hydrogen-bond acceptors (Lipinski definition) is 4. The molecule has 0 spiro atoms. The van der Waals surface area contributed by atoms with Gasteiger partial charge in [-0.15, -0.1) is 0 Å². The Balaban J connectivity index is 1.52. The molecule has 1 unspecified atom stereocenters. The van der Waals surface area contributed by atoms with Crippen molar-refractivity contribution in [3.05, 3.63) is 84.4 Å². The van der Waals surface area contributed by atoms with E-state index in [1.807, 2.05) is 60.7 Å². The van der Waals surface area contributed by atoms with Crippen LogP contribution >= 0.6 is 0 Å². The lowest BCUT2D eigenvalue weighted by molar-refractivity contribution is 0.0817. The van der Waals surface area contributed by atoms with Gasteiger partial charge < -0.3 is 24.8 Å². The molecule has 1 aliphatic rings. The molecule has 1 heterocycles. The minimum atomic E-state index is -0.275. The Morgan fingerprint density at radius 1 is 1.03 bits per heavy atom. The Morgan fingerprint density at radius 2 is 1.77 bits per heavy atom. The second kappa shape index (κ2) is 10.00. The van der Waals surface area contributed by atoms with Gasteiger partial charge in [-0.1, -0.05) is 48.5 Å². The van der Waals surface area contributed by atoms with E-state index in [-0.39, 0.29) is 24.4 Å². The molecule has 1 fully saturated rings. The molecule has 0 saturated carbocycles. The monoisotopic (exact) mass is 418 g/mol. The lowest BCUT2D eigenvalue weighted by Crippen LogP contribution is -2.39. The first-order chi connectivity index (χ1) is 15.2. The smallest absolute Gasteiger partial charge is 0.322 e. The topological polar surface area (TPSA) is 71.0 Å². The van der Waals surface area contributed by atoms with Crippen LogP contribution in [0.5, 0.6) is 17.2 Å². The normalized spacial score (nSPS) is 15.4. The molecule has 0 bridgehead atoms. The first kappa shape index (κ1) is 20.8. The van der Waals surface area contributed by atoms with Crippen molar-refractivity contribution in [2.24, 2.45) is 0 Å². The quantitative estimate of drug-likeness (QED) is 0.539. The van der Waals surface area contributed by atoms with E-state index in [0.717, 1.165) is 12.8 Å². The summed E-state index contributed by atoms with van der Waals surface area (Å²) in [5.74, 6) is 1.41. The number of nitrogens with one attached hydrogen (secondary N) is 1. The van der Waals surface area contributed by atoms with Crippen molar-refractivity contribution in [2.75, 3.05) is 18.5 Å². The second-order valence-electron chi connectivity index (χ2n) is 7.49. The average Bonchev–Trinajstić information content (AvgIpc) is 3.30. The van der Waals surface area contributed by atoms with E-state index in [1.165, 1.54) is 0 Å². The summed E-state index contributed by atoms with van der Waals surface area (Å²) < 4.78 is 11.7. The van der Waals surface area contributed by atoms with Gasteiger partial charge in [-0.2, -0.15) is 0 Å². The van der Waals surface area contributed by atoms with Crippen LogP contribution in [0.4, 0.5) is 10.5 Å². The number of phenols is 1. The van der Waals surface area contributed by atoms with Crippen LogP contribution in [0, 0.1) is 0 Å². The van der Waals surface area contributed by atoms with E-state index in [4.69, 9.17) is 9.47 Å². The Hall–Kier alpha value is -3.51. The van der Waals surface area contributed by atoms with Crippen LogP contribution in [0.3, 0.4) is 0 Å². The van der Waals surface area contributed by atoms with Crippen LogP contribution in [0.25, 0.3) is 0 Å². The first-order valence-corrected chi connectivity index (χ1v) is 10.5. The van der Waals surface area contributed by atoms with Crippen molar-refractivity contribution in [3.63, 3.8) is 0 Å². The number of rotatable bonds is 7. The Morgan fingerprint density at radius 3 is 2.55 bits per heavy atom. The molecule has 6 heteroatoms. The maximum Gasteiger partial charge on any atom is 0.322 e. The minimum absolute atomic E-state index is 0.00702. The third kappa shape index (κ3) is 5.55. The number of carbonyl (C=O) groups is 1. The Kier molecular flexibility index (Phi) is 6.69. The number of phenolic OH excluding ortho intramolecular Hbond substituents is 1. The summed E-state index contributed by atoms with van der Waals surface area (Å²) in [6.45, 7) is 1.44. The number of benzene rings is 3. The highest BCUT2D eigenvalue weighted by molar-refractivity contribution is 5.91. The van der Waals surface area contributed by atoms with Gasteiger partial charge in [0.15, 0.2) is 5.75 Å². The highest BCUT2D eigenvalue weighted by Gasteiger charge is 2.24. The molecular weight excluding hydrogens is 392 g/mol. The predicted molar refractivity (Wildman–Crippen MR) is 119 cm³/mol. The molecule has 3 aromatic rings. The molecule has 0 radical (unpaired) electrons. The number of hydrogen-bond donors (Lipinski definition) is 2. The average molecular weight is 418 g/mol. The van der Waals surface area contributed by atoms with E-state index in [0.29, 0.717) is 35.9 Å². The predicted octanol–water partition coefficient (Wildman–Crippen LogP) is 5.40. The van der Waals surface area contributed by atoms with Gasteiger partial charge in [-0.05, 0) is 43.2 Å². The van der Waals surface area contributed by atoms with Crippen molar-refractivity contribution in [1.82, 2.24) is 4.90 Å². The summed E-state index contributed by atoms with van der Waals surface area (Å²) in [5, 5.41) is 13.2. The standard InChI is InChI=1S/C25H26N2O4/c28-23-14-6-4-9-19(23)17-27(18-21-12-8-16-30-21)25(29)26-22-13-5-7-15-24(22)31-20-10-2-1-3-11-20/h1-7,9-11,13-15,21,28H,8,12,16-18H2,(H,26,29). The molecule has 0 aliphatic carbocycles. The van der Waals surface area contributed by atoms with E-state index >= 15 is 0 Å². The lowest BCUT2D eigenvalue weighted by atomic mass is 10.1. The summed E-state index contributed by atoms with van der Waals surface area (Å²) in [4.78, 5) is 14.9. The first-order valence-electron chi connectivity index (χ1n) is 10.5. The molecule has 4 rings (SSSR count). The van der Waals surface area contributed by atoms with Crippen LogP contribution in [0.15, 0.2) is 78.9 Å². The number of aromatic hydroxyl groups is 1. The van der Waals surface area contributed by atoms with Crippen molar-refractivity contribution < 1.29 is 19.4 Å². The maximum absolute atomic E-state index is 13.2. The summed E-state index contributed by atoms with van der Waals surface area (Å²) in [5.41, 5.74) is 1.26. The fourth-order valence-electron chi connectivity index (χ4n) is 3.57. The fourth-order valence-corrected chi connectivity index (χ4v) is 3.57. The number of anilines is 1. The number of amides is 2. The fraction of sp³-hybridized carbons (Fsp3) is 0.240. The van der Waals surface area contributed by atoms with Gasteiger partial charge in [0.25, 0.3) is 0 Å².